The lowest BCUT2D eigenvalue weighted by Crippen LogP contribution is -2.02. The van der Waals surface area contributed by atoms with E-state index in [1.807, 2.05) is 12.1 Å². The van der Waals surface area contributed by atoms with Crippen molar-refractivity contribution < 1.29 is 19.3 Å². The van der Waals surface area contributed by atoms with Crippen molar-refractivity contribution in [3.63, 3.8) is 0 Å². The first-order chi connectivity index (χ1) is 9.22. The van der Waals surface area contributed by atoms with Gasteiger partial charge in [0, 0.05) is 20.1 Å². The van der Waals surface area contributed by atoms with Crippen molar-refractivity contribution in [2.75, 3.05) is 26.9 Å². The molecule has 1 atom stereocenters. The molecule has 1 unspecified atom stereocenters. The number of fused-ring (bicyclic) bond motifs is 1. The summed E-state index contributed by atoms with van der Waals surface area (Å²) in [5, 5.41) is 10.2. The van der Waals surface area contributed by atoms with Crippen LogP contribution in [0.3, 0.4) is 0 Å². The van der Waals surface area contributed by atoms with Crippen LogP contribution in [-0.4, -0.2) is 32.0 Å². The predicted octanol–water partition coefficient (Wildman–Crippen LogP) is 3.07. The molecule has 1 aliphatic heterocycles. The lowest BCUT2D eigenvalue weighted by Gasteiger charge is -2.15. The molecule has 106 valence electrons. The lowest BCUT2D eigenvalue weighted by molar-refractivity contribution is 0.136. The number of halogens is 1. The number of benzene rings is 1. The highest BCUT2D eigenvalue weighted by Gasteiger charge is 2.18. The highest BCUT2D eigenvalue weighted by molar-refractivity contribution is 9.10. The van der Waals surface area contributed by atoms with Crippen LogP contribution in [0.15, 0.2) is 16.6 Å². The van der Waals surface area contributed by atoms with Crippen LogP contribution in [0.2, 0.25) is 0 Å². The minimum atomic E-state index is -0.511. The van der Waals surface area contributed by atoms with Crippen LogP contribution < -0.4 is 9.47 Å². The molecule has 4 nitrogen and oxygen atoms in total. The Kier molecular flexibility index (Phi) is 5.48. The molecule has 0 saturated heterocycles. The molecule has 2 rings (SSSR count). The van der Waals surface area contributed by atoms with Crippen LogP contribution in [0.25, 0.3) is 0 Å². The van der Waals surface area contributed by atoms with Crippen LogP contribution in [-0.2, 0) is 4.74 Å². The maximum atomic E-state index is 10.2. The Morgan fingerprint density at radius 2 is 2.16 bits per heavy atom. The number of hydrogen-bond acceptors (Lipinski definition) is 4. The van der Waals surface area contributed by atoms with Crippen LogP contribution in [0.1, 0.15) is 30.9 Å². The molecule has 1 aromatic carbocycles. The maximum Gasteiger partial charge on any atom is 0.175 e. The topological polar surface area (TPSA) is 47.9 Å². The van der Waals surface area contributed by atoms with Crippen molar-refractivity contribution in [3.05, 3.63) is 22.2 Å². The number of hydrogen-bond donors (Lipinski definition) is 1. The van der Waals surface area contributed by atoms with Gasteiger partial charge in [-0.05, 0) is 46.5 Å². The third-order valence-corrected chi connectivity index (χ3v) is 3.62. The molecule has 0 amide bonds. The molecule has 0 bridgehead atoms. The molecule has 0 aromatic heterocycles. The molecule has 5 heteroatoms. The van der Waals surface area contributed by atoms with E-state index in [-0.39, 0.29) is 0 Å². The molecule has 0 saturated carbocycles. The molecule has 1 aromatic rings. The third kappa shape index (κ3) is 3.84. The summed E-state index contributed by atoms with van der Waals surface area (Å²) in [7, 11) is 1.66. The highest BCUT2D eigenvalue weighted by Crippen LogP contribution is 2.40. The Morgan fingerprint density at radius 1 is 1.37 bits per heavy atom. The second-order valence-electron chi connectivity index (χ2n) is 4.53. The van der Waals surface area contributed by atoms with Crippen molar-refractivity contribution >= 4 is 15.9 Å². The molecule has 0 spiro atoms. The molecule has 1 heterocycles. The Labute approximate surface area is 121 Å². The summed E-state index contributed by atoms with van der Waals surface area (Å²) in [5.74, 6) is 1.43. The molecular formula is C14H19BrO4. The Hall–Kier alpha value is -0.780. The van der Waals surface area contributed by atoms with Gasteiger partial charge in [-0.3, -0.25) is 0 Å². The van der Waals surface area contributed by atoms with Crippen molar-refractivity contribution in [2.45, 2.75) is 25.4 Å². The molecule has 0 fully saturated rings. The Bertz CT molecular complexity index is 422. The summed E-state index contributed by atoms with van der Waals surface area (Å²) in [5.41, 5.74) is 0.840. The summed E-state index contributed by atoms with van der Waals surface area (Å²) >= 11 is 3.48. The maximum absolute atomic E-state index is 10.2. The zero-order chi connectivity index (χ0) is 13.7. The van der Waals surface area contributed by atoms with Gasteiger partial charge in [0.15, 0.2) is 11.5 Å². The van der Waals surface area contributed by atoms with Crippen molar-refractivity contribution in [1.82, 2.24) is 0 Å². The monoisotopic (exact) mass is 330 g/mol. The normalized spacial score (nSPS) is 15.9. The quantitative estimate of drug-likeness (QED) is 0.843. The minimum absolute atomic E-state index is 0.511. The third-order valence-electron chi connectivity index (χ3n) is 3.04. The summed E-state index contributed by atoms with van der Waals surface area (Å²) in [4.78, 5) is 0. The van der Waals surface area contributed by atoms with Crippen LogP contribution >= 0.6 is 15.9 Å². The van der Waals surface area contributed by atoms with Gasteiger partial charge in [-0.15, -0.1) is 0 Å². The molecule has 19 heavy (non-hydrogen) atoms. The summed E-state index contributed by atoms with van der Waals surface area (Å²) < 4.78 is 17.1. The van der Waals surface area contributed by atoms with E-state index in [0.29, 0.717) is 32.0 Å². The largest absolute Gasteiger partial charge is 0.490 e. The van der Waals surface area contributed by atoms with Gasteiger partial charge in [0.05, 0.1) is 23.8 Å². The number of aliphatic hydroxyl groups is 1. The second kappa shape index (κ2) is 7.12. The first kappa shape index (κ1) is 14.6. The van der Waals surface area contributed by atoms with Gasteiger partial charge in [0.2, 0.25) is 0 Å². The summed E-state index contributed by atoms with van der Waals surface area (Å²) in [6.07, 6.45) is 1.85. The second-order valence-corrected chi connectivity index (χ2v) is 5.39. The van der Waals surface area contributed by atoms with E-state index in [1.165, 1.54) is 0 Å². The zero-order valence-corrected chi connectivity index (χ0v) is 12.6. The summed E-state index contributed by atoms with van der Waals surface area (Å²) in [6, 6.07) is 3.76. The van der Waals surface area contributed by atoms with Gasteiger partial charge in [0.1, 0.15) is 0 Å². The standard InChI is InChI=1S/C14H19BrO4/c1-17-5-2-4-12(16)10-8-11(15)14-13(9-10)18-6-3-7-19-14/h8-9,12,16H,2-7H2,1H3. The van der Waals surface area contributed by atoms with E-state index in [4.69, 9.17) is 14.2 Å². The van der Waals surface area contributed by atoms with E-state index in [9.17, 15) is 5.11 Å². The average molecular weight is 331 g/mol. The molecule has 0 aliphatic carbocycles. The van der Waals surface area contributed by atoms with Gasteiger partial charge in [-0.25, -0.2) is 0 Å². The number of methoxy groups -OCH3 is 1. The summed E-state index contributed by atoms with van der Waals surface area (Å²) in [6.45, 7) is 1.95. The van der Waals surface area contributed by atoms with Crippen molar-refractivity contribution in [1.29, 1.82) is 0 Å². The highest BCUT2D eigenvalue weighted by atomic mass is 79.9. The van der Waals surface area contributed by atoms with Gasteiger partial charge in [-0.2, -0.15) is 0 Å². The molecular weight excluding hydrogens is 312 g/mol. The van der Waals surface area contributed by atoms with Gasteiger partial charge < -0.3 is 19.3 Å². The zero-order valence-electron chi connectivity index (χ0n) is 11.0. The van der Waals surface area contributed by atoms with Crippen LogP contribution in [0, 0.1) is 0 Å². The Morgan fingerprint density at radius 3 is 2.95 bits per heavy atom. The van der Waals surface area contributed by atoms with E-state index < -0.39 is 6.10 Å². The van der Waals surface area contributed by atoms with Crippen LogP contribution in [0.4, 0.5) is 0 Å². The van der Waals surface area contributed by atoms with E-state index in [2.05, 4.69) is 15.9 Å². The molecule has 1 aliphatic rings. The first-order valence-corrected chi connectivity index (χ1v) is 7.27. The lowest BCUT2D eigenvalue weighted by atomic mass is 10.0. The number of aliphatic hydroxyl groups excluding tert-OH is 1. The van der Waals surface area contributed by atoms with E-state index in [0.717, 1.165) is 28.6 Å². The van der Waals surface area contributed by atoms with Gasteiger partial charge in [-0.1, -0.05) is 0 Å². The fourth-order valence-corrected chi connectivity index (χ4v) is 2.60. The first-order valence-electron chi connectivity index (χ1n) is 6.48. The van der Waals surface area contributed by atoms with Crippen molar-refractivity contribution in [3.8, 4) is 11.5 Å². The Balaban J connectivity index is 2.13. The van der Waals surface area contributed by atoms with Crippen molar-refractivity contribution in [2.24, 2.45) is 0 Å². The number of ether oxygens (including phenoxy) is 3. The van der Waals surface area contributed by atoms with Crippen LogP contribution in [0.5, 0.6) is 11.5 Å². The number of rotatable bonds is 5. The van der Waals surface area contributed by atoms with Gasteiger partial charge in [0.25, 0.3) is 0 Å². The molecule has 1 N–H and O–H groups in total. The SMILES string of the molecule is COCCCC(O)c1cc(Br)c2c(c1)OCCCO2. The van der Waals surface area contributed by atoms with Gasteiger partial charge >= 0.3 is 0 Å². The fraction of sp³-hybridized carbons (Fsp3) is 0.571. The minimum Gasteiger partial charge on any atom is -0.490 e. The molecule has 0 radical (unpaired) electrons. The van der Waals surface area contributed by atoms with E-state index >= 15 is 0 Å². The predicted molar refractivity (Wildman–Crippen MR) is 75.8 cm³/mol. The smallest absolute Gasteiger partial charge is 0.175 e. The van der Waals surface area contributed by atoms with E-state index in [1.54, 1.807) is 7.11 Å². The fourth-order valence-electron chi connectivity index (χ4n) is 2.03. The average Bonchev–Trinajstić information content (AvgIpc) is 2.64.